The molecule has 318 valence electrons. The van der Waals surface area contributed by atoms with E-state index in [1.165, 1.54) is 103 Å². The second-order valence-corrected chi connectivity index (χ2v) is 26.5. The number of hydrogen-bond donors (Lipinski definition) is 0. The predicted molar refractivity (Wildman–Crippen MR) is 277 cm³/mol. The van der Waals surface area contributed by atoms with Crippen LogP contribution in [0.2, 0.25) is 0 Å². The molecule has 0 spiro atoms. The molecule has 5 heteroatoms. The zero-order valence-electron chi connectivity index (χ0n) is 40.2. The second-order valence-electron chi connectivity index (χ2n) is 24.3. The third-order valence-electron chi connectivity index (χ3n) is 14.4. The van der Waals surface area contributed by atoms with Gasteiger partial charge in [-0.3, -0.25) is 0 Å². The van der Waals surface area contributed by atoms with E-state index >= 15 is 0 Å². The van der Waals surface area contributed by atoms with E-state index in [0.29, 0.717) is 0 Å². The topological polar surface area (TPSA) is 6.48 Å². The highest BCUT2D eigenvalue weighted by atomic mass is 32.1. The Kier molecular flexibility index (Phi) is 8.83. The molecular formula is C57H65BN2S2. The van der Waals surface area contributed by atoms with Crippen LogP contribution in [0.3, 0.4) is 0 Å². The molecule has 0 atom stereocenters. The van der Waals surface area contributed by atoms with Crippen molar-refractivity contribution < 1.29 is 0 Å². The molecule has 5 aromatic carbocycles. The van der Waals surface area contributed by atoms with Gasteiger partial charge in [-0.25, -0.2) is 0 Å². The van der Waals surface area contributed by atoms with E-state index in [0.717, 1.165) is 6.42 Å². The molecule has 3 aliphatic rings. The van der Waals surface area contributed by atoms with E-state index < -0.39 is 0 Å². The van der Waals surface area contributed by atoms with Crippen LogP contribution in [-0.4, -0.2) is 6.71 Å². The molecule has 4 heterocycles. The van der Waals surface area contributed by atoms with E-state index in [1.54, 1.807) is 0 Å². The molecule has 0 saturated carbocycles. The SMILES string of the molecule is CC(C)(C)c1ccc(N2c3cc(C(C)(C)C)cc4c3B(c3sc5ccc(C(C)(C)C)cc5c32)c2sc3ccc(C(C)(C)C)cc3c2N4c2ccc3c(c2)C(C)(C)CC3(C)C)cc1. The molecule has 2 nitrogen and oxygen atoms in total. The highest BCUT2D eigenvalue weighted by molar-refractivity contribution is 7.40. The van der Waals surface area contributed by atoms with Crippen molar-refractivity contribution in [2.24, 2.45) is 0 Å². The minimum Gasteiger partial charge on any atom is -0.310 e. The minimum absolute atomic E-state index is 0.0213. The summed E-state index contributed by atoms with van der Waals surface area (Å²) in [4.78, 5) is 5.38. The Labute approximate surface area is 380 Å². The van der Waals surface area contributed by atoms with Crippen LogP contribution in [0.5, 0.6) is 0 Å². The van der Waals surface area contributed by atoms with E-state index in [2.05, 4.69) is 212 Å². The molecule has 62 heavy (non-hydrogen) atoms. The monoisotopic (exact) mass is 852 g/mol. The fourth-order valence-corrected chi connectivity index (χ4v) is 13.8. The average Bonchev–Trinajstić information content (AvgIpc) is 3.79. The highest BCUT2D eigenvalue weighted by Gasteiger charge is 2.49. The van der Waals surface area contributed by atoms with E-state index in [4.69, 9.17) is 0 Å². The van der Waals surface area contributed by atoms with Crippen LogP contribution in [-0.2, 0) is 32.5 Å². The van der Waals surface area contributed by atoms with Crippen LogP contribution in [0, 0.1) is 0 Å². The molecule has 2 aromatic heterocycles. The third-order valence-corrected chi connectivity index (χ3v) is 16.9. The van der Waals surface area contributed by atoms with Crippen LogP contribution in [0.25, 0.3) is 20.2 Å². The first-order chi connectivity index (χ1) is 28.7. The number of rotatable bonds is 2. The van der Waals surface area contributed by atoms with Crippen molar-refractivity contribution >= 4 is 98.7 Å². The quantitative estimate of drug-likeness (QED) is 0.160. The normalized spacial score (nSPS) is 16.8. The summed E-state index contributed by atoms with van der Waals surface area (Å²) in [7, 11) is 0. The summed E-state index contributed by atoms with van der Waals surface area (Å²) in [5.74, 6) is 0. The Bertz CT molecular complexity index is 2980. The van der Waals surface area contributed by atoms with Gasteiger partial charge in [0.05, 0.1) is 11.4 Å². The van der Waals surface area contributed by atoms with Crippen LogP contribution in [0.15, 0.2) is 91.0 Å². The summed E-state index contributed by atoms with van der Waals surface area (Å²) in [6.45, 7) is 38.1. The molecule has 0 fully saturated rings. The van der Waals surface area contributed by atoms with Gasteiger partial charge >= 0.3 is 0 Å². The number of fused-ring (bicyclic) bond motifs is 9. The fraction of sp³-hybridized carbons (Fsp3) is 0.404. The molecule has 7 aromatic rings. The predicted octanol–water partition coefficient (Wildman–Crippen LogP) is 15.3. The van der Waals surface area contributed by atoms with Gasteiger partial charge in [0.25, 0.3) is 6.71 Å². The second kappa shape index (κ2) is 13.1. The van der Waals surface area contributed by atoms with E-state index in [1.807, 2.05) is 22.7 Å². The molecule has 0 N–H and O–H groups in total. The Balaban J connectivity index is 1.36. The van der Waals surface area contributed by atoms with Crippen molar-refractivity contribution in [3.05, 3.63) is 124 Å². The molecule has 2 aliphatic heterocycles. The van der Waals surface area contributed by atoms with Gasteiger partial charge in [-0.15, -0.1) is 22.7 Å². The standard InChI is InChI=1S/C57H65BN2S2/c1-52(2,3)33-17-21-37(22-18-33)59-43-29-36(55(10,11)12)30-44-47(43)58(50-48(59)39-27-34(53(4,5)6)19-25-45(39)61-50)51-49(40-28-35(54(7,8)9)20-26-46(40)62-51)60(44)38-23-24-41-42(31-38)57(15,16)32-56(41,13)14/h17-31H,32H2,1-16H3. The van der Waals surface area contributed by atoms with Gasteiger partial charge in [-0.2, -0.15) is 0 Å². The van der Waals surface area contributed by atoms with Gasteiger partial charge in [0.1, 0.15) is 0 Å². The maximum absolute atomic E-state index is 2.71. The van der Waals surface area contributed by atoms with Gasteiger partial charge in [0.2, 0.25) is 0 Å². The van der Waals surface area contributed by atoms with Crippen LogP contribution in [0.1, 0.15) is 151 Å². The molecule has 0 unspecified atom stereocenters. The molecule has 0 amide bonds. The Morgan fingerprint density at radius 2 is 0.871 bits per heavy atom. The average molecular weight is 853 g/mol. The number of benzene rings is 5. The third kappa shape index (κ3) is 6.29. The van der Waals surface area contributed by atoms with E-state index in [9.17, 15) is 0 Å². The molecule has 10 rings (SSSR count). The minimum atomic E-state index is -0.0921. The zero-order chi connectivity index (χ0) is 44.4. The lowest BCUT2D eigenvalue weighted by Gasteiger charge is -2.43. The summed E-state index contributed by atoms with van der Waals surface area (Å²) < 4.78 is 5.62. The number of nitrogens with zero attached hydrogens (tertiary/aromatic N) is 2. The first kappa shape index (κ1) is 41.7. The first-order valence-corrected chi connectivity index (χ1v) is 24.6. The van der Waals surface area contributed by atoms with Gasteiger partial charge < -0.3 is 9.80 Å². The van der Waals surface area contributed by atoms with Crippen molar-refractivity contribution in [3.63, 3.8) is 0 Å². The van der Waals surface area contributed by atoms with E-state index in [-0.39, 0.29) is 39.2 Å². The molecule has 1 aliphatic carbocycles. The fourth-order valence-electron chi connectivity index (χ4n) is 11.1. The first-order valence-electron chi connectivity index (χ1n) is 22.9. The number of anilines is 6. The van der Waals surface area contributed by atoms with Crippen molar-refractivity contribution in [2.75, 3.05) is 9.80 Å². The van der Waals surface area contributed by atoms with Crippen molar-refractivity contribution in [2.45, 2.75) is 150 Å². The number of hydrogen-bond acceptors (Lipinski definition) is 4. The summed E-state index contributed by atoms with van der Waals surface area (Å²) in [6, 6.07) is 36.8. The summed E-state index contributed by atoms with van der Waals surface area (Å²) in [6.07, 6.45) is 1.14. The van der Waals surface area contributed by atoms with Crippen LogP contribution < -0.4 is 24.8 Å². The van der Waals surface area contributed by atoms with Gasteiger partial charge in [0, 0.05) is 52.5 Å². The Morgan fingerprint density at radius 1 is 0.452 bits per heavy atom. The van der Waals surface area contributed by atoms with Gasteiger partial charge in [-0.05, 0) is 138 Å². The van der Waals surface area contributed by atoms with Crippen molar-refractivity contribution in [3.8, 4) is 0 Å². The lowest BCUT2D eigenvalue weighted by Crippen LogP contribution is -2.59. The Hall–Kier alpha value is -4.32. The lowest BCUT2D eigenvalue weighted by molar-refractivity contribution is 0.403. The van der Waals surface area contributed by atoms with Crippen molar-refractivity contribution in [1.82, 2.24) is 0 Å². The maximum atomic E-state index is 2.71. The summed E-state index contributed by atoms with van der Waals surface area (Å²) in [5.41, 5.74) is 17.9. The maximum Gasteiger partial charge on any atom is 0.277 e. The molecule has 0 radical (unpaired) electrons. The smallest absolute Gasteiger partial charge is 0.277 e. The van der Waals surface area contributed by atoms with Crippen LogP contribution >= 0.6 is 22.7 Å². The van der Waals surface area contributed by atoms with Crippen molar-refractivity contribution in [1.29, 1.82) is 0 Å². The number of thiophene rings is 2. The molecule has 0 bridgehead atoms. The summed E-state index contributed by atoms with van der Waals surface area (Å²) >= 11 is 4.03. The largest absolute Gasteiger partial charge is 0.310 e. The lowest BCUT2D eigenvalue weighted by atomic mass is 9.39. The Morgan fingerprint density at radius 3 is 1.34 bits per heavy atom. The van der Waals surface area contributed by atoms with Gasteiger partial charge in [0.15, 0.2) is 0 Å². The molecule has 0 saturated heterocycles. The summed E-state index contributed by atoms with van der Waals surface area (Å²) in [5, 5.41) is 2.72. The van der Waals surface area contributed by atoms with Gasteiger partial charge in [-0.1, -0.05) is 141 Å². The molecular weight excluding hydrogens is 788 g/mol. The zero-order valence-corrected chi connectivity index (χ0v) is 41.8. The highest BCUT2D eigenvalue weighted by Crippen LogP contribution is 2.55. The van der Waals surface area contributed by atoms with Crippen LogP contribution in [0.4, 0.5) is 34.1 Å².